The van der Waals surface area contributed by atoms with Crippen molar-refractivity contribution in [2.24, 2.45) is 0 Å². The van der Waals surface area contributed by atoms with Gasteiger partial charge in [0.15, 0.2) is 11.0 Å². The van der Waals surface area contributed by atoms with E-state index in [1.807, 2.05) is 13.8 Å². The topological polar surface area (TPSA) is 60.7 Å². The van der Waals surface area contributed by atoms with Gasteiger partial charge in [0.1, 0.15) is 0 Å². The van der Waals surface area contributed by atoms with Gasteiger partial charge < -0.3 is 19.2 Å². The zero-order valence-corrected chi connectivity index (χ0v) is 11.5. The van der Waals surface area contributed by atoms with E-state index in [0.717, 1.165) is 0 Å². The minimum absolute atomic E-state index is 0.227. The number of hydrogen-bond acceptors (Lipinski definition) is 4. The highest BCUT2D eigenvalue weighted by Gasteiger charge is 2.15. The van der Waals surface area contributed by atoms with Gasteiger partial charge in [0.05, 0.1) is 18.4 Å². The SMILES string of the molecule is CCOC(CNC(=O)c1ccoc1Br)OCC. The van der Waals surface area contributed by atoms with Crippen molar-refractivity contribution in [1.82, 2.24) is 5.32 Å². The summed E-state index contributed by atoms with van der Waals surface area (Å²) < 4.78 is 16.0. The standard InChI is InChI=1S/C11H16BrNO4/c1-3-15-9(16-4-2)7-13-11(14)8-5-6-17-10(8)12/h5-6,9H,3-4,7H2,1-2H3,(H,13,14). The lowest BCUT2D eigenvalue weighted by Crippen LogP contribution is -2.35. The third kappa shape index (κ3) is 4.49. The van der Waals surface area contributed by atoms with E-state index in [2.05, 4.69) is 21.2 Å². The summed E-state index contributed by atoms with van der Waals surface area (Å²) in [4.78, 5) is 11.7. The van der Waals surface area contributed by atoms with Gasteiger partial charge in [0, 0.05) is 13.2 Å². The highest BCUT2D eigenvalue weighted by Crippen LogP contribution is 2.17. The molecule has 0 fully saturated rings. The predicted molar refractivity (Wildman–Crippen MR) is 65.8 cm³/mol. The molecular formula is C11H16BrNO4. The molecule has 0 atom stereocenters. The van der Waals surface area contributed by atoms with Crippen LogP contribution in [0.15, 0.2) is 21.4 Å². The Balaban J connectivity index is 2.43. The lowest BCUT2D eigenvalue weighted by atomic mass is 10.3. The molecule has 0 radical (unpaired) electrons. The fourth-order valence-electron chi connectivity index (χ4n) is 1.26. The number of furan rings is 1. The first-order valence-electron chi connectivity index (χ1n) is 5.43. The van der Waals surface area contributed by atoms with Crippen molar-refractivity contribution in [3.05, 3.63) is 22.6 Å². The summed E-state index contributed by atoms with van der Waals surface area (Å²) in [5, 5.41) is 2.72. The van der Waals surface area contributed by atoms with Crippen LogP contribution in [0.1, 0.15) is 24.2 Å². The summed E-state index contributed by atoms with van der Waals surface area (Å²) in [5.41, 5.74) is 0.455. The van der Waals surface area contributed by atoms with Gasteiger partial charge in [0.25, 0.3) is 5.91 Å². The van der Waals surface area contributed by atoms with E-state index >= 15 is 0 Å². The van der Waals surface area contributed by atoms with Crippen molar-refractivity contribution < 1.29 is 18.7 Å². The second-order valence-corrected chi connectivity index (χ2v) is 3.88. The minimum Gasteiger partial charge on any atom is -0.457 e. The summed E-state index contributed by atoms with van der Waals surface area (Å²) in [6.07, 6.45) is 1.03. The van der Waals surface area contributed by atoms with Crippen LogP contribution in [0.3, 0.4) is 0 Å². The van der Waals surface area contributed by atoms with Crippen LogP contribution in [-0.2, 0) is 9.47 Å². The summed E-state index contributed by atoms with van der Waals surface area (Å²) in [5.74, 6) is -0.227. The van der Waals surface area contributed by atoms with Gasteiger partial charge in [-0.25, -0.2) is 0 Å². The van der Waals surface area contributed by atoms with Crippen molar-refractivity contribution in [3.63, 3.8) is 0 Å². The summed E-state index contributed by atoms with van der Waals surface area (Å²) in [7, 11) is 0. The molecule has 0 aromatic carbocycles. The third-order valence-electron chi connectivity index (χ3n) is 2.00. The number of rotatable bonds is 7. The summed E-state index contributed by atoms with van der Waals surface area (Å²) >= 11 is 3.15. The van der Waals surface area contributed by atoms with Crippen LogP contribution in [0.4, 0.5) is 0 Å². The van der Waals surface area contributed by atoms with Crippen molar-refractivity contribution in [3.8, 4) is 0 Å². The predicted octanol–water partition coefficient (Wildman–Crippen LogP) is 2.17. The van der Waals surface area contributed by atoms with E-state index in [1.54, 1.807) is 6.07 Å². The maximum absolute atomic E-state index is 11.7. The smallest absolute Gasteiger partial charge is 0.255 e. The van der Waals surface area contributed by atoms with Crippen LogP contribution in [0, 0.1) is 0 Å². The first-order chi connectivity index (χ1) is 8.19. The number of ether oxygens (including phenoxy) is 2. The van der Waals surface area contributed by atoms with E-state index in [1.165, 1.54) is 6.26 Å². The van der Waals surface area contributed by atoms with E-state index in [9.17, 15) is 4.79 Å². The Kier molecular flexibility index (Phi) is 6.25. The average Bonchev–Trinajstić information content (AvgIpc) is 2.72. The van der Waals surface area contributed by atoms with Gasteiger partial charge >= 0.3 is 0 Å². The number of carbonyl (C=O) groups is 1. The Morgan fingerprint density at radius 3 is 2.59 bits per heavy atom. The molecule has 0 aliphatic carbocycles. The molecule has 17 heavy (non-hydrogen) atoms. The van der Waals surface area contributed by atoms with Gasteiger partial charge in [-0.1, -0.05) is 0 Å². The maximum atomic E-state index is 11.7. The number of nitrogens with one attached hydrogen (secondary N) is 1. The van der Waals surface area contributed by atoms with Crippen molar-refractivity contribution >= 4 is 21.8 Å². The molecule has 5 nitrogen and oxygen atoms in total. The molecule has 1 amide bonds. The first kappa shape index (κ1) is 14.2. The molecular weight excluding hydrogens is 290 g/mol. The fraction of sp³-hybridized carbons (Fsp3) is 0.545. The van der Waals surface area contributed by atoms with Crippen molar-refractivity contribution in [2.45, 2.75) is 20.1 Å². The molecule has 0 spiro atoms. The average molecular weight is 306 g/mol. The second kappa shape index (κ2) is 7.47. The van der Waals surface area contributed by atoms with Crippen LogP contribution in [0.5, 0.6) is 0 Å². The van der Waals surface area contributed by atoms with Gasteiger partial charge in [-0.2, -0.15) is 0 Å². The molecule has 0 saturated carbocycles. The van der Waals surface area contributed by atoms with Crippen molar-refractivity contribution in [1.29, 1.82) is 0 Å². The van der Waals surface area contributed by atoms with Crippen molar-refractivity contribution in [2.75, 3.05) is 19.8 Å². The fourth-order valence-corrected chi connectivity index (χ4v) is 1.68. The molecule has 1 heterocycles. The molecule has 0 unspecified atom stereocenters. The molecule has 0 aliphatic rings. The third-order valence-corrected chi connectivity index (χ3v) is 2.61. The molecule has 96 valence electrons. The Morgan fingerprint density at radius 2 is 2.12 bits per heavy atom. The van der Waals surface area contributed by atoms with Gasteiger partial charge in [0.2, 0.25) is 0 Å². The molecule has 0 aliphatic heterocycles. The van der Waals surface area contributed by atoms with Crippen LogP contribution < -0.4 is 5.32 Å². The zero-order valence-electron chi connectivity index (χ0n) is 9.86. The monoisotopic (exact) mass is 305 g/mol. The lowest BCUT2D eigenvalue weighted by Gasteiger charge is -2.17. The molecule has 1 rings (SSSR count). The van der Waals surface area contributed by atoms with E-state index in [0.29, 0.717) is 30.0 Å². The highest BCUT2D eigenvalue weighted by molar-refractivity contribution is 9.10. The molecule has 1 aromatic rings. The molecule has 1 aromatic heterocycles. The summed E-state index contributed by atoms with van der Waals surface area (Å²) in [6.45, 7) is 5.13. The van der Waals surface area contributed by atoms with E-state index in [4.69, 9.17) is 13.9 Å². The molecule has 0 saturated heterocycles. The largest absolute Gasteiger partial charge is 0.457 e. The highest BCUT2D eigenvalue weighted by atomic mass is 79.9. The van der Waals surface area contributed by atoms with Crippen LogP contribution in [-0.4, -0.2) is 32.0 Å². The summed E-state index contributed by atoms with van der Waals surface area (Å²) in [6, 6.07) is 1.59. The molecule has 6 heteroatoms. The van der Waals surface area contributed by atoms with Gasteiger partial charge in [-0.05, 0) is 35.8 Å². The Hall–Kier alpha value is -0.850. The minimum atomic E-state index is -0.417. The quantitative estimate of drug-likeness (QED) is 0.784. The Labute approximate surface area is 109 Å². The van der Waals surface area contributed by atoms with Crippen LogP contribution in [0.25, 0.3) is 0 Å². The zero-order chi connectivity index (χ0) is 12.7. The normalized spacial score (nSPS) is 10.8. The molecule has 1 N–H and O–H groups in total. The number of carbonyl (C=O) groups excluding carboxylic acids is 1. The van der Waals surface area contributed by atoms with Gasteiger partial charge in [-0.3, -0.25) is 4.79 Å². The lowest BCUT2D eigenvalue weighted by molar-refractivity contribution is -0.131. The van der Waals surface area contributed by atoms with E-state index in [-0.39, 0.29) is 5.91 Å². The number of amides is 1. The first-order valence-corrected chi connectivity index (χ1v) is 6.22. The second-order valence-electron chi connectivity index (χ2n) is 3.16. The van der Waals surface area contributed by atoms with Crippen LogP contribution in [0.2, 0.25) is 0 Å². The maximum Gasteiger partial charge on any atom is 0.255 e. The Bertz CT molecular complexity index is 347. The van der Waals surface area contributed by atoms with Gasteiger partial charge in [-0.15, -0.1) is 0 Å². The number of halogens is 1. The van der Waals surface area contributed by atoms with Crippen LogP contribution >= 0.6 is 15.9 Å². The molecule has 0 bridgehead atoms. The van der Waals surface area contributed by atoms with E-state index < -0.39 is 6.29 Å². The Morgan fingerprint density at radius 1 is 1.47 bits per heavy atom. The number of hydrogen-bond donors (Lipinski definition) is 1.